The van der Waals surface area contributed by atoms with E-state index in [-0.39, 0.29) is 45.0 Å². The lowest BCUT2D eigenvalue weighted by Crippen LogP contribution is -2.35. The van der Waals surface area contributed by atoms with Crippen LogP contribution in [0.5, 0.6) is 0 Å². The van der Waals surface area contributed by atoms with Crippen LogP contribution in [0.25, 0.3) is 16.6 Å². The Morgan fingerprint density at radius 3 is 2.58 bits per heavy atom. The zero-order valence-electron chi connectivity index (χ0n) is 21.4. The molecule has 3 N–H and O–H groups in total. The van der Waals surface area contributed by atoms with Gasteiger partial charge in [0.25, 0.3) is 5.91 Å². The average Bonchev–Trinajstić information content (AvgIpc) is 3.30. The number of amides is 1. The van der Waals surface area contributed by atoms with Gasteiger partial charge in [-0.3, -0.25) is 9.78 Å². The molecule has 3 aromatic heterocycles. The summed E-state index contributed by atoms with van der Waals surface area (Å²) >= 11 is 6.30. The predicted octanol–water partition coefficient (Wildman–Crippen LogP) is 4.15. The summed E-state index contributed by atoms with van der Waals surface area (Å²) in [5.74, 6) is -1.47. The fourth-order valence-electron chi connectivity index (χ4n) is 3.87. The topological polar surface area (TPSA) is 123 Å². The first kappa shape index (κ1) is 28.7. The van der Waals surface area contributed by atoms with Gasteiger partial charge in [0.2, 0.25) is 5.95 Å². The Balaban J connectivity index is 0.00000195. The van der Waals surface area contributed by atoms with Crippen molar-refractivity contribution in [2.24, 2.45) is 0 Å². The fourth-order valence-corrected chi connectivity index (χ4v) is 4.10. The number of rotatable bonds is 7. The average molecular weight is 544 g/mol. The monoisotopic (exact) mass is 543 g/mol. The molecule has 0 aliphatic rings. The first-order chi connectivity index (χ1) is 17.9. The third-order valence-electron chi connectivity index (χ3n) is 6.08. The lowest BCUT2D eigenvalue weighted by molar-refractivity contribution is 0.0713. The Morgan fingerprint density at radius 2 is 1.95 bits per heavy atom. The Bertz CT molecular complexity index is 1510. The zero-order chi connectivity index (χ0) is 28.4. The van der Waals surface area contributed by atoms with Crippen LogP contribution in [0.2, 0.25) is 5.02 Å². The van der Waals surface area contributed by atoms with E-state index >= 15 is 0 Å². The molecule has 0 saturated heterocycles. The summed E-state index contributed by atoms with van der Waals surface area (Å²) < 4.78 is 29.2. The molecule has 0 spiro atoms. The largest absolute Gasteiger partial charge is 0.384 e. The molecule has 0 fully saturated rings. The van der Waals surface area contributed by atoms with Gasteiger partial charge < -0.3 is 15.7 Å². The van der Waals surface area contributed by atoms with Crippen molar-refractivity contribution in [3.63, 3.8) is 0 Å². The van der Waals surface area contributed by atoms with Crippen LogP contribution in [0, 0.1) is 24.5 Å². The number of fused-ring (bicyclic) bond motifs is 3. The van der Waals surface area contributed by atoms with Crippen LogP contribution in [0.3, 0.4) is 0 Å². The van der Waals surface area contributed by atoms with Crippen LogP contribution in [0.4, 0.5) is 14.7 Å². The number of aromatic nitrogens is 5. The molecule has 12 heteroatoms. The number of anilines is 1. The first-order valence-corrected chi connectivity index (χ1v) is 12.0. The number of nitrogens with two attached hydrogens (primary N) is 1. The van der Waals surface area contributed by atoms with Crippen molar-refractivity contribution in [1.82, 2.24) is 29.5 Å². The Morgan fingerprint density at radius 1 is 1.26 bits per heavy atom. The van der Waals surface area contributed by atoms with E-state index in [4.69, 9.17) is 17.3 Å². The van der Waals surface area contributed by atoms with Crippen molar-refractivity contribution in [2.75, 3.05) is 12.8 Å². The van der Waals surface area contributed by atoms with E-state index in [2.05, 4.69) is 32.9 Å². The highest BCUT2D eigenvalue weighted by Crippen LogP contribution is 2.26. The molecular formula is C26H28ClF2N7O2. The third-order valence-corrected chi connectivity index (χ3v) is 6.39. The number of hydrogen-bond donors (Lipinski definition) is 2. The summed E-state index contributed by atoms with van der Waals surface area (Å²) in [6.45, 7) is 5.08. The van der Waals surface area contributed by atoms with Crippen molar-refractivity contribution in [3.8, 4) is 12.8 Å². The number of nitrogens with zero attached hydrogens (tertiary/aromatic N) is 6. The van der Waals surface area contributed by atoms with E-state index in [9.17, 15) is 18.7 Å². The molecule has 1 amide bonds. The third kappa shape index (κ3) is 5.82. The Kier molecular flexibility index (Phi) is 8.49. The van der Waals surface area contributed by atoms with Crippen LogP contribution < -0.4 is 5.73 Å². The summed E-state index contributed by atoms with van der Waals surface area (Å²) in [5.41, 5.74) is 5.50. The number of halogens is 3. The van der Waals surface area contributed by atoms with Gasteiger partial charge >= 0.3 is 0 Å². The molecule has 4 rings (SSSR count). The smallest absolute Gasteiger partial charge is 0.256 e. The number of carbonyl (C=O) groups excluding carboxylic acids is 1. The molecule has 0 bridgehead atoms. The second kappa shape index (κ2) is 11.2. The van der Waals surface area contributed by atoms with E-state index in [1.165, 1.54) is 16.8 Å². The summed E-state index contributed by atoms with van der Waals surface area (Å²) in [4.78, 5) is 27.1. The number of benzene rings is 1. The molecule has 38 heavy (non-hydrogen) atoms. The quantitative estimate of drug-likeness (QED) is 0.336. The highest BCUT2D eigenvalue weighted by Gasteiger charge is 2.24. The number of nitrogen functional groups attached to an aromatic ring is 1. The van der Waals surface area contributed by atoms with Crippen LogP contribution in [-0.4, -0.2) is 53.6 Å². The van der Waals surface area contributed by atoms with Crippen molar-refractivity contribution >= 4 is 40.0 Å². The van der Waals surface area contributed by atoms with Crippen LogP contribution >= 0.6 is 11.6 Å². The van der Waals surface area contributed by atoms with Gasteiger partial charge in [0.1, 0.15) is 16.9 Å². The van der Waals surface area contributed by atoms with Crippen LogP contribution in [-0.2, 0) is 12.0 Å². The predicted molar refractivity (Wildman–Crippen MR) is 141 cm³/mol. The standard InChI is InChI=1S/C24H26ClF2N7O2.C2H2/c1-12(33(4)22(35)15-11-29-18(10-16(15)25)24(2,3)36)6-5-7-19-30-21-14-8-13(26)9-17(27)20(14)31-23(28)34(21)32-19;1-2/h8-12,36H,5-7H2,1-4H3,(H2,28,31);1-2H/t12-;/m0./s1. The molecule has 200 valence electrons. The van der Waals surface area contributed by atoms with E-state index in [0.29, 0.717) is 30.8 Å². The lowest BCUT2D eigenvalue weighted by atomic mass is 10.0. The minimum atomic E-state index is -1.17. The van der Waals surface area contributed by atoms with Gasteiger partial charge in [-0.2, -0.15) is 4.52 Å². The van der Waals surface area contributed by atoms with Crippen LogP contribution in [0.15, 0.2) is 24.4 Å². The SMILES string of the molecule is C#C.C[C@@H](CCCc1nc2c3cc(F)cc(F)c3nc(N)n2n1)N(C)C(=O)c1cnc(C(C)(C)O)cc1Cl. The maximum Gasteiger partial charge on any atom is 0.256 e. The summed E-state index contributed by atoms with van der Waals surface area (Å²) in [7, 11) is 1.68. The number of terminal acetylenes is 1. The molecule has 1 atom stereocenters. The number of aliphatic hydroxyl groups is 1. The number of aryl methyl sites for hydroxylation is 1. The number of hydrogen-bond acceptors (Lipinski definition) is 7. The number of pyridine rings is 1. The minimum Gasteiger partial charge on any atom is -0.384 e. The van der Waals surface area contributed by atoms with Gasteiger partial charge in [0.15, 0.2) is 17.3 Å². The second-order valence-electron chi connectivity index (χ2n) is 9.28. The molecule has 0 aliphatic carbocycles. The molecule has 4 aromatic rings. The fraction of sp³-hybridized carbons (Fsp3) is 0.346. The highest BCUT2D eigenvalue weighted by atomic mass is 35.5. The molecule has 0 unspecified atom stereocenters. The normalized spacial score (nSPS) is 12.3. The van der Waals surface area contributed by atoms with E-state index in [1.54, 1.807) is 25.8 Å². The van der Waals surface area contributed by atoms with Gasteiger partial charge in [0, 0.05) is 31.8 Å². The van der Waals surface area contributed by atoms with Crippen molar-refractivity contribution in [3.05, 3.63) is 58.1 Å². The molecule has 1 aromatic carbocycles. The van der Waals surface area contributed by atoms with Gasteiger partial charge in [-0.15, -0.1) is 17.9 Å². The van der Waals surface area contributed by atoms with E-state index < -0.39 is 17.2 Å². The van der Waals surface area contributed by atoms with Gasteiger partial charge in [0.05, 0.1) is 21.7 Å². The van der Waals surface area contributed by atoms with Gasteiger partial charge in [-0.05, 0) is 45.7 Å². The minimum absolute atomic E-state index is 0.0541. The Labute approximate surface area is 223 Å². The maximum atomic E-state index is 14.1. The molecule has 0 saturated carbocycles. The molecule has 3 heterocycles. The number of carbonyl (C=O) groups is 1. The molecule has 9 nitrogen and oxygen atoms in total. The van der Waals surface area contributed by atoms with Gasteiger partial charge in [-0.1, -0.05) is 11.6 Å². The molecule has 0 radical (unpaired) electrons. The zero-order valence-corrected chi connectivity index (χ0v) is 22.2. The van der Waals surface area contributed by atoms with E-state index in [0.717, 1.165) is 12.1 Å². The summed E-state index contributed by atoms with van der Waals surface area (Å²) in [5, 5.41) is 14.8. The van der Waals surface area contributed by atoms with E-state index in [1.807, 2.05) is 6.92 Å². The summed E-state index contributed by atoms with van der Waals surface area (Å²) in [6.07, 6.45) is 11.1. The highest BCUT2D eigenvalue weighted by molar-refractivity contribution is 6.33. The van der Waals surface area contributed by atoms with Crippen molar-refractivity contribution in [1.29, 1.82) is 0 Å². The van der Waals surface area contributed by atoms with Crippen LogP contribution in [0.1, 0.15) is 55.5 Å². The Hall–Kier alpha value is -3.88. The summed E-state index contributed by atoms with van der Waals surface area (Å²) in [6, 6.07) is 3.24. The maximum absolute atomic E-state index is 14.1. The second-order valence-corrected chi connectivity index (χ2v) is 9.69. The first-order valence-electron chi connectivity index (χ1n) is 11.7. The van der Waals surface area contributed by atoms with Crippen molar-refractivity contribution in [2.45, 2.75) is 51.7 Å². The van der Waals surface area contributed by atoms with Crippen molar-refractivity contribution < 1.29 is 18.7 Å². The molecular weight excluding hydrogens is 516 g/mol. The molecule has 0 aliphatic heterocycles. The van der Waals surface area contributed by atoms with Gasteiger partial charge in [-0.25, -0.2) is 18.7 Å². The lowest BCUT2D eigenvalue weighted by Gasteiger charge is -2.25.